The van der Waals surface area contributed by atoms with Gasteiger partial charge >= 0.3 is 12.0 Å². The van der Waals surface area contributed by atoms with Crippen LogP contribution >= 0.6 is 0 Å². The van der Waals surface area contributed by atoms with Gasteiger partial charge in [-0.3, -0.25) is 15.0 Å². The summed E-state index contributed by atoms with van der Waals surface area (Å²) in [7, 11) is 0. The molecule has 0 unspecified atom stereocenters. The van der Waals surface area contributed by atoms with Gasteiger partial charge in [0.2, 0.25) is 0 Å². The smallest absolute Gasteiger partial charge is 0.344 e. The summed E-state index contributed by atoms with van der Waals surface area (Å²) in [5, 5.41) is 3.41. The van der Waals surface area contributed by atoms with E-state index in [0.29, 0.717) is 29.8 Å². The zero-order valence-electron chi connectivity index (χ0n) is 17.6. The molecule has 4 amide bonds. The molecule has 8 heteroatoms. The quantitative estimate of drug-likeness (QED) is 0.536. The van der Waals surface area contributed by atoms with Crippen molar-refractivity contribution in [3.05, 3.63) is 71.3 Å². The number of imide groups is 1. The average molecular weight is 435 g/mol. The van der Waals surface area contributed by atoms with Crippen LogP contribution in [-0.2, 0) is 20.7 Å². The maximum atomic E-state index is 12.7. The van der Waals surface area contributed by atoms with Crippen molar-refractivity contribution >= 4 is 23.8 Å². The predicted molar refractivity (Wildman–Crippen MR) is 115 cm³/mol. The fourth-order valence-electron chi connectivity index (χ4n) is 4.27. The second-order valence-corrected chi connectivity index (χ2v) is 8.14. The van der Waals surface area contributed by atoms with Crippen LogP contribution in [0.5, 0.6) is 0 Å². The lowest BCUT2D eigenvalue weighted by Crippen LogP contribution is -2.51. The molecular formula is C24H25N3O5. The molecule has 32 heavy (non-hydrogen) atoms. The van der Waals surface area contributed by atoms with E-state index in [-0.39, 0.29) is 0 Å². The van der Waals surface area contributed by atoms with Crippen LogP contribution in [0, 0.1) is 0 Å². The first-order chi connectivity index (χ1) is 15.5. The van der Waals surface area contributed by atoms with Crippen molar-refractivity contribution in [3.8, 4) is 0 Å². The largest absolute Gasteiger partial charge is 0.452 e. The van der Waals surface area contributed by atoms with E-state index >= 15 is 0 Å². The number of carbonyl (C=O) groups excluding carboxylic acids is 4. The van der Waals surface area contributed by atoms with Gasteiger partial charge in [-0.2, -0.15) is 5.01 Å². The summed E-state index contributed by atoms with van der Waals surface area (Å²) in [6, 6.07) is 16.1. The van der Waals surface area contributed by atoms with Crippen molar-refractivity contribution in [3.63, 3.8) is 0 Å². The van der Waals surface area contributed by atoms with Crippen LogP contribution in [0.15, 0.2) is 54.6 Å². The number of rotatable bonds is 6. The van der Waals surface area contributed by atoms with Crippen LogP contribution in [0.1, 0.15) is 53.6 Å². The number of nitrogens with one attached hydrogen (secondary N) is 2. The maximum Gasteiger partial charge on any atom is 0.344 e. The molecule has 1 aliphatic carbocycles. The third-order valence-electron chi connectivity index (χ3n) is 5.91. The van der Waals surface area contributed by atoms with Gasteiger partial charge in [-0.1, -0.05) is 67.8 Å². The van der Waals surface area contributed by atoms with E-state index in [1.807, 2.05) is 42.5 Å². The molecule has 4 rings (SSSR count). The van der Waals surface area contributed by atoms with Crippen LogP contribution in [0.25, 0.3) is 0 Å². The van der Waals surface area contributed by atoms with Gasteiger partial charge in [-0.05, 0) is 36.5 Å². The van der Waals surface area contributed by atoms with Gasteiger partial charge in [0.05, 0.1) is 5.56 Å². The first-order valence-electron chi connectivity index (χ1n) is 10.7. The second-order valence-electron chi connectivity index (χ2n) is 8.14. The summed E-state index contributed by atoms with van der Waals surface area (Å²) in [6.07, 6.45) is 4.34. The zero-order valence-corrected chi connectivity index (χ0v) is 17.6. The highest BCUT2D eigenvalue weighted by molar-refractivity contribution is 6.08. The molecule has 1 heterocycles. The predicted octanol–water partition coefficient (Wildman–Crippen LogP) is 2.72. The van der Waals surface area contributed by atoms with Crippen molar-refractivity contribution in [2.24, 2.45) is 0 Å². The molecule has 1 spiro atoms. The Morgan fingerprint density at radius 2 is 1.66 bits per heavy atom. The van der Waals surface area contributed by atoms with E-state index in [1.165, 1.54) is 0 Å². The van der Waals surface area contributed by atoms with Gasteiger partial charge < -0.3 is 10.1 Å². The number of urea groups is 1. The lowest BCUT2D eigenvalue weighted by atomic mass is 9.82. The lowest BCUT2D eigenvalue weighted by molar-refractivity contribution is -0.140. The normalized spacial score (nSPS) is 17.2. The van der Waals surface area contributed by atoms with Crippen LogP contribution in [0.2, 0.25) is 0 Å². The highest BCUT2D eigenvalue weighted by Crippen LogP contribution is 2.32. The number of amides is 4. The Hall–Kier alpha value is -3.68. The van der Waals surface area contributed by atoms with Crippen molar-refractivity contribution in [2.75, 3.05) is 6.61 Å². The number of esters is 1. The van der Waals surface area contributed by atoms with Crippen molar-refractivity contribution in [1.29, 1.82) is 0 Å². The Morgan fingerprint density at radius 3 is 2.41 bits per heavy atom. The van der Waals surface area contributed by atoms with Gasteiger partial charge in [0.1, 0.15) is 5.54 Å². The van der Waals surface area contributed by atoms with Gasteiger partial charge in [0, 0.05) is 0 Å². The molecular weight excluding hydrogens is 410 g/mol. The first kappa shape index (κ1) is 21.5. The molecule has 8 nitrogen and oxygen atoms in total. The lowest BCUT2D eigenvalue weighted by Gasteiger charge is -2.30. The molecule has 1 aliphatic heterocycles. The summed E-state index contributed by atoms with van der Waals surface area (Å²) in [5.41, 5.74) is 3.51. The first-order valence-corrected chi connectivity index (χ1v) is 10.7. The second kappa shape index (κ2) is 9.21. The molecule has 0 atom stereocenters. The Labute approximate surface area is 185 Å². The number of benzene rings is 2. The molecule has 2 fully saturated rings. The van der Waals surface area contributed by atoms with E-state index < -0.39 is 36.0 Å². The van der Waals surface area contributed by atoms with Gasteiger partial charge in [-0.15, -0.1) is 0 Å². The number of ether oxygens (including phenoxy) is 1. The molecule has 2 aromatic rings. The molecule has 0 radical (unpaired) electrons. The minimum Gasteiger partial charge on any atom is -0.452 e. The summed E-state index contributed by atoms with van der Waals surface area (Å²) in [6.45, 7) is -0.609. The SMILES string of the molecule is O=C(COC(=O)c1ccccc1Cc1ccccc1)NN1C(=O)NC2(CCCCC2)C1=O. The zero-order chi connectivity index (χ0) is 22.6. The number of hydrazine groups is 1. The molecule has 2 aromatic carbocycles. The van der Waals surface area contributed by atoms with E-state index in [4.69, 9.17) is 4.74 Å². The highest BCUT2D eigenvalue weighted by Gasteiger charge is 2.52. The van der Waals surface area contributed by atoms with Crippen LogP contribution in [0.4, 0.5) is 4.79 Å². The summed E-state index contributed by atoms with van der Waals surface area (Å²) >= 11 is 0. The minimum atomic E-state index is -0.935. The van der Waals surface area contributed by atoms with Crippen molar-refractivity contribution in [2.45, 2.75) is 44.1 Å². The number of nitrogens with zero attached hydrogens (tertiary/aromatic N) is 1. The van der Waals surface area contributed by atoms with Crippen LogP contribution in [-0.4, -0.2) is 41.0 Å². The van der Waals surface area contributed by atoms with E-state index in [0.717, 1.165) is 30.4 Å². The Morgan fingerprint density at radius 1 is 0.969 bits per heavy atom. The van der Waals surface area contributed by atoms with Gasteiger partial charge in [0.15, 0.2) is 6.61 Å². The summed E-state index contributed by atoms with van der Waals surface area (Å²) < 4.78 is 5.17. The molecule has 0 bridgehead atoms. The fraction of sp³-hybridized carbons (Fsp3) is 0.333. The molecule has 166 valence electrons. The standard InChI is InChI=1S/C24H25N3O5/c28-20(26-27-22(30)24(25-23(27)31)13-7-2-8-14-24)16-32-21(29)19-12-6-5-11-18(19)15-17-9-3-1-4-10-17/h1,3-6,9-12H,2,7-8,13-16H2,(H,25,31)(H,26,28). The topological polar surface area (TPSA) is 105 Å². The minimum absolute atomic E-state index is 0.361. The fourth-order valence-corrected chi connectivity index (χ4v) is 4.27. The Kier molecular flexibility index (Phi) is 6.20. The monoisotopic (exact) mass is 435 g/mol. The molecule has 1 saturated heterocycles. The van der Waals surface area contributed by atoms with Crippen LogP contribution in [0.3, 0.4) is 0 Å². The molecule has 2 N–H and O–H groups in total. The van der Waals surface area contributed by atoms with Gasteiger partial charge in [-0.25, -0.2) is 9.59 Å². The Bertz CT molecular complexity index is 1030. The molecule has 1 saturated carbocycles. The maximum absolute atomic E-state index is 12.7. The molecule has 0 aromatic heterocycles. The third kappa shape index (κ3) is 4.49. The van der Waals surface area contributed by atoms with E-state index in [9.17, 15) is 19.2 Å². The van der Waals surface area contributed by atoms with E-state index in [2.05, 4.69) is 10.7 Å². The summed E-state index contributed by atoms with van der Waals surface area (Å²) in [5.74, 6) is -1.86. The number of carbonyl (C=O) groups is 4. The van der Waals surface area contributed by atoms with Crippen molar-refractivity contribution < 1.29 is 23.9 Å². The van der Waals surface area contributed by atoms with E-state index in [1.54, 1.807) is 12.1 Å². The number of hydrogen-bond acceptors (Lipinski definition) is 5. The molecule has 2 aliphatic rings. The van der Waals surface area contributed by atoms with Crippen LogP contribution < -0.4 is 10.7 Å². The van der Waals surface area contributed by atoms with Crippen molar-refractivity contribution in [1.82, 2.24) is 15.8 Å². The van der Waals surface area contributed by atoms with Gasteiger partial charge in [0.25, 0.3) is 11.8 Å². The number of hydrogen-bond donors (Lipinski definition) is 2. The Balaban J connectivity index is 1.35. The third-order valence-corrected chi connectivity index (χ3v) is 5.91. The highest BCUT2D eigenvalue weighted by atomic mass is 16.5. The summed E-state index contributed by atoms with van der Waals surface area (Å²) in [4.78, 5) is 49.9. The average Bonchev–Trinajstić information content (AvgIpc) is 3.02.